The van der Waals surface area contributed by atoms with E-state index in [4.69, 9.17) is 10.5 Å². The van der Waals surface area contributed by atoms with Crippen molar-refractivity contribution in [3.8, 4) is 0 Å². The summed E-state index contributed by atoms with van der Waals surface area (Å²) in [5.74, 6) is 0.266. The average molecular weight is 261 g/mol. The molecule has 1 heterocycles. The molecule has 3 heteroatoms. The summed E-state index contributed by atoms with van der Waals surface area (Å²) in [6.07, 6.45) is 3.03. The van der Waals surface area contributed by atoms with Gasteiger partial charge in [-0.25, -0.2) is 0 Å². The van der Waals surface area contributed by atoms with E-state index < -0.39 is 0 Å². The number of carbonyl (C=O) groups is 1. The van der Waals surface area contributed by atoms with Crippen molar-refractivity contribution in [2.24, 2.45) is 11.1 Å². The van der Waals surface area contributed by atoms with Crippen LogP contribution < -0.4 is 5.73 Å². The maximum atomic E-state index is 12.5. The van der Waals surface area contributed by atoms with Crippen LogP contribution in [0.3, 0.4) is 0 Å². The first-order valence-electron chi connectivity index (χ1n) is 7.09. The Morgan fingerprint density at radius 1 is 1.21 bits per heavy atom. The fourth-order valence-electron chi connectivity index (χ4n) is 2.62. The molecule has 3 nitrogen and oxygen atoms in total. The highest BCUT2D eigenvalue weighted by atomic mass is 16.5. The van der Waals surface area contributed by atoms with Gasteiger partial charge in [0, 0.05) is 31.6 Å². The molecule has 2 N–H and O–H groups in total. The SMILES string of the molecule is CCc1ccc(CC(=O)C2(CN)CCOCC2)cc1. The Kier molecular flexibility index (Phi) is 4.72. The van der Waals surface area contributed by atoms with Crippen LogP contribution in [0.15, 0.2) is 24.3 Å². The lowest BCUT2D eigenvalue weighted by atomic mass is 9.74. The highest BCUT2D eigenvalue weighted by Crippen LogP contribution is 2.31. The standard InChI is InChI=1S/C16H23NO2/c1-2-13-3-5-14(6-4-13)11-15(18)16(12-17)7-9-19-10-8-16/h3-6H,2,7-12,17H2,1H3. The lowest BCUT2D eigenvalue weighted by Gasteiger charge is -2.34. The maximum Gasteiger partial charge on any atom is 0.144 e. The van der Waals surface area contributed by atoms with Crippen LogP contribution in [0.5, 0.6) is 0 Å². The molecule has 1 aromatic carbocycles. The van der Waals surface area contributed by atoms with E-state index in [0.29, 0.717) is 26.2 Å². The Bertz CT molecular complexity index is 419. The van der Waals surface area contributed by atoms with E-state index in [0.717, 1.165) is 24.8 Å². The quantitative estimate of drug-likeness (QED) is 0.883. The van der Waals surface area contributed by atoms with Crippen LogP contribution in [0.2, 0.25) is 0 Å². The van der Waals surface area contributed by atoms with Crippen molar-refractivity contribution in [2.75, 3.05) is 19.8 Å². The van der Waals surface area contributed by atoms with Crippen molar-refractivity contribution >= 4 is 5.78 Å². The highest BCUT2D eigenvalue weighted by Gasteiger charge is 2.37. The molecule has 0 bridgehead atoms. The van der Waals surface area contributed by atoms with Crippen LogP contribution in [0.4, 0.5) is 0 Å². The number of Topliss-reactive ketones (excluding diaryl/α,β-unsaturated/α-hetero) is 1. The molecule has 1 fully saturated rings. The predicted octanol–water partition coefficient (Wildman–Crippen LogP) is 2.12. The second kappa shape index (κ2) is 6.31. The molecule has 1 aliphatic rings. The summed E-state index contributed by atoms with van der Waals surface area (Å²) < 4.78 is 5.35. The summed E-state index contributed by atoms with van der Waals surface area (Å²) in [7, 11) is 0. The molecule has 0 radical (unpaired) electrons. The van der Waals surface area contributed by atoms with E-state index >= 15 is 0 Å². The van der Waals surface area contributed by atoms with E-state index in [1.807, 2.05) is 0 Å². The zero-order valence-corrected chi connectivity index (χ0v) is 11.7. The van der Waals surface area contributed by atoms with Gasteiger partial charge in [0.25, 0.3) is 0 Å². The van der Waals surface area contributed by atoms with Crippen molar-refractivity contribution in [2.45, 2.75) is 32.6 Å². The number of benzene rings is 1. The van der Waals surface area contributed by atoms with E-state index in [1.54, 1.807) is 0 Å². The zero-order chi connectivity index (χ0) is 13.7. The van der Waals surface area contributed by atoms with Gasteiger partial charge in [0.15, 0.2) is 0 Å². The highest BCUT2D eigenvalue weighted by molar-refractivity contribution is 5.87. The first kappa shape index (κ1) is 14.2. The van der Waals surface area contributed by atoms with Crippen LogP contribution in [0, 0.1) is 5.41 Å². The summed E-state index contributed by atoms with van der Waals surface area (Å²) in [6, 6.07) is 8.31. The third-order valence-corrected chi connectivity index (χ3v) is 4.23. The van der Waals surface area contributed by atoms with Gasteiger partial charge in [-0.15, -0.1) is 0 Å². The minimum Gasteiger partial charge on any atom is -0.381 e. The molecule has 0 aromatic heterocycles. The maximum absolute atomic E-state index is 12.5. The molecule has 0 unspecified atom stereocenters. The second-order valence-corrected chi connectivity index (χ2v) is 5.37. The first-order valence-corrected chi connectivity index (χ1v) is 7.09. The third kappa shape index (κ3) is 3.23. The number of ether oxygens (including phenoxy) is 1. The minimum atomic E-state index is -0.359. The van der Waals surface area contributed by atoms with Gasteiger partial charge >= 0.3 is 0 Å². The number of ketones is 1. The molecular formula is C16H23NO2. The van der Waals surface area contributed by atoms with E-state index in [2.05, 4.69) is 31.2 Å². The normalized spacial score (nSPS) is 18.2. The average Bonchev–Trinajstić information content (AvgIpc) is 2.48. The first-order chi connectivity index (χ1) is 9.20. The van der Waals surface area contributed by atoms with Crippen molar-refractivity contribution in [3.05, 3.63) is 35.4 Å². The molecule has 0 saturated carbocycles. The smallest absolute Gasteiger partial charge is 0.144 e. The van der Waals surface area contributed by atoms with Crippen LogP contribution in [-0.2, 0) is 22.4 Å². The molecule has 19 heavy (non-hydrogen) atoms. The van der Waals surface area contributed by atoms with Gasteiger partial charge in [0.2, 0.25) is 0 Å². The largest absolute Gasteiger partial charge is 0.381 e. The number of rotatable bonds is 5. The monoisotopic (exact) mass is 261 g/mol. The number of hydrogen-bond acceptors (Lipinski definition) is 3. The summed E-state index contributed by atoms with van der Waals surface area (Å²) in [5, 5.41) is 0. The lowest BCUT2D eigenvalue weighted by molar-refractivity contribution is -0.132. The van der Waals surface area contributed by atoms with E-state index in [1.165, 1.54) is 5.56 Å². The number of hydrogen-bond donors (Lipinski definition) is 1. The van der Waals surface area contributed by atoms with Gasteiger partial charge in [-0.2, -0.15) is 0 Å². The van der Waals surface area contributed by atoms with Crippen molar-refractivity contribution in [1.82, 2.24) is 0 Å². The van der Waals surface area contributed by atoms with Gasteiger partial charge in [-0.3, -0.25) is 4.79 Å². The molecule has 0 aliphatic carbocycles. The molecule has 104 valence electrons. The third-order valence-electron chi connectivity index (χ3n) is 4.23. The molecular weight excluding hydrogens is 238 g/mol. The molecule has 2 rings (SSSR count). The topological polar surface area (TPSA) is 52.3 Å². The summed E-state index contributed by atoms with van der Waals surface area (Å²) in [4.78, 5) is 12.5. The van der Waals surface area contributed by atoms with Crippen LogP contribution >= 0.6 is 0 Å². The molecule has 1 aromatic rings. The van der Waals surface area contributed by atoms with Gasteiger partial charge in [-0.05, 0) is 30.4 Å². The lowest BCUT2D eigenvalue weighted by Crippen LogP contribution is -2.44. The van der Waals surface area contributed by atoms with Gasteiger partial charge < -0.3 is 10.5 Å². The van der Waals surface area contributed by atoms with Crippen molar-refractivity contribution < 1.29 is 9.53 Å². The Balaban J connectivity index is 2.05. The summed E-state index contributed by atoms with van der Waals surface area (Å²) >= 11 is 0. The fourth-order valence-corrected chi connectivity index (χ4v) is 2.62. The Hall–Kier alpha value is -1.19. The summed E-state index contributed by atoms with van der Waals surface area (Å²) in [6.45, 7) is 3.86. The van der Waals surface area contributed by atoms with Crippen molar-refractivity contribution in [3.63, 3.8) is 0 Å². The summed E-state index contributed by atoms with van der Waals surface area (Å²) in [5.41, 5.74) is 7.89. The number of nitrogens with two attached hydrogens (primary N) is 1. The molecule has 0 spiro atoms. The van der Waals surface area contributed by atoms with Crippen LogP contribution in [0.1, 0.15) is 30.9 Å². The van der Waals surface area contributed by atoms with Gasteiger partial charge in [-0.1, -0.05) is 31.2 Å². The Morgan fingerprint density at radius 2 is 1.79 bits per heavy atom. The Labute approximate surface area is 115 Å². The number of aryl methyl sites for hydroxylation is 1. The molecule has 1 saturated heterocycles. The Morgan fingerprint density at radius 3 is 2.32 bits per heavy atom. The van der Waals surface area contributed by atoms with Gasteiger partial charge in [0.05, 0.1) is 0 Å². The number of carbonyl (C=O) groups excluding carboxylic acids is 1. The molecule has 0 atom stereocenters. The van der Waals surface area contributed by atoms with Crippen LogP contribution in [-0.4, -0.2) is 25.5 Å². The van der Waals surface area contributed by atoms with E-state index in [9.17, 15) is 4.79 Å². The van der Waals surface area contributed by atoms with Crippen LogP contribution in [0.25, 0.3) is 0 Å². The predicted molar refractivity (Wildman–Crippen MR) is 76.1 cm³/mol. The fraction of sp³-hybridized carbons (Fsp3) is 0.562. The minimum absolute atomic E-state index is 0.266. The van der Waals surface area contributed by atoms with E-state index in [-0.39, 0.29) is 11.2 Å². The van der Waals surface area contributed by atoms with Crippen molar-refractivity contribution in [1.29, 1.82) is 0 Å². The second-order valence-electron chi connectivity index (χ2n) is 5.37. The zero-order valence-electron chi connectivity index (χ0n) is 11.7. The molecule has 1 aliphatic heterocycles. The molecule has 0 amide bonds. The van der Waals surface area contributed by atoms with Gasteiger partial charge in [0.1, 0.15) is 5.78 Å².